The number of alkyl halides is 3. The number of hydrogen-bond acceptors (Lipinski definition) is 1. The third-order valence-corrected chi connectivity index (χ3v) is 1.71. The SMILES string of the molecule is CCCCCC.O=C(O)CC(Cl)(Cl)Cl. The van der Waals surface area contributed by atoms with Crippen LogP contribution in [0.2, 0.25) is 0 Å². The summed E-state index contributed by atoms with van der Waals surface area (Å²) in [4.78, 5) is 9.76. The molecular formula is C9H17Cl3O2. The van der Waals surface area contributed by atoms with E-state index in [-0.39, 0.29) is 0 Å². The van der Waals surface area contributed by atoms with E-state index in [2.05, 4.69) is 13.8 Å². The molecule has 0 fully saturated rings. The molecule has 0 radical (unpaired) electrons. The number of halogens is 3. The molecule has 1 N–H and O–H groups in total. The van der Waals surface area contributed by atoms with Gasteiger partial charge in [-0.05, 0) is 0 Å². The van der Waals surface area contributed by atoms with Crippen molar-refractivity contribution >= 4 is 40.8 Å². The summed E-state index contributed by atoms with van der Waals surface area (Å²) >= 11 is 15.2. The van der Waals surface area contributed by atoms with Gasteiger partial charge in [0.1, 0.15) is 0 Å². The van der Waals surface area contributed by atoms with Gasteiger partial charge in [0.2, 0.25) is 3.79 Å². The normalized spacial score (nSPS) is 10.4. The van der Waals surface area contributed by atoms with Gasteiger partial charge in [-0.15, -0.1) is 0 Å². The summed E-state index contributed by atoms with van der Waals surface area (Å²) in [5.41, 5.74) is 0. The van der Waals surface area contributed by atoms with Crippen LogP contribution in [0.1, 0.15) is 46.0 Å². The molecule has 0 amide bonds. The first-order chi connectivity index (χ1) is 6.33. The van der Waals surface area contributed by atoms with Gasteiger partial charge < -0.3 is 5.11 Å². The van der Waals surface area contributed by atoms with Crippen LogP contribution >= 0.6 is 34.8 Å². The van der Waals surface area contributed by atoms with Crippen LogP contribution in [0.3, 0.4) is 0 Å². The minimum atomic E-state index is -1.66. The van der Waals surface area contributed by atoms with Crippen LogP contribution in [0.25, 0.3) is 0 Å². The lowest BCUT2D eigenvalue weighted by Gasteiger charge is -2.03. The van der Waals surface area contributed by atoms with Gasteiger partial charge in [-0.3, -0.25) is 4.79 Å². The second kappa shape index (κ2) is 9.88. The van der Waals surface area contributed by atoms with Crippen LogP contribution in [0.4, 0.5) is 0 Å². The molecule has 0 saturated heterocycles. The predicted octanol–water partition coefficient (Wildman–Crippen LogP) is 4.42. The number of carbonyl (C=O) groups is 1. The van der Waals surface area contributed by atoms with Gasteiger partial charge in [0.25, 0.3) is 0 Å². The van der Waals surface area contributed by atoms with E-state index < -0.39 is 16.2 Å². The zero-order chi connectivity index (χ0) is 11.6. The summed E-state index contributed by atoms with van der Waals surface area (Å²) in [7, 11) is 0. The van der Waals surface area contributed by atoms with Gasteiger partial charge in [0.05, 0.1) is 6.42 Å². The van der Waals surface area contributed by atoms with E-state index in [1.165, 1.54) is 25.7 Å². The van der Waals surface area contributed by atoms with E-state index in [9.17, 15) is 4.79 Å². The van der Waals surface area contributed by atoms with Crippen LogP contribution in [0.5, 0.6) is 0 Å². The van der Waals surface area contributed by atoms with Crippen LogP contribution in [-0.2, 0) is 4.79 Å². The van der Waals surface area contributed by atoms with Crippen LogP contribution in [0.15, 0.2) is 0 Å². The fourth-order valence-corrected chi connectivity index (χ4v) is 1.01. The third-order valence-electron chi connectivity index (χ3n) is 1.31. The molecule has 86 valence electrons. The Kier molecular flexibility index (Phi) is 11.8. The summed E-state index contributed by atoms with van der Waals surface area (Å²) in [5.74, 6) is -1.12. The molecule has 2 nitrogen and oxygen atoms in total. The standard InChI is InChI=1S/C6H14.C3H3Cl3O2/c1-3-5-6-4-2;4-3(5,6)1-2(7)8/h3-6H2,1-2H3;1H2,(H,7,8). The van der Waals surface area contributed by atoms with Crippen molar-refractivity contribution in [3.8, 4) is 0 Å². The molecule has 0 aliphatic carbocycles. The molecule has 0 unspecified atom stereocenters. The summed E-state index contributed by atoms with van der Waals surface area (Å²) < 4.78 is -1.66. The Bertz CT molecular complexity index is 139. The molecule has 0 heterocycles. The zero-order valence-electron chi connectivity index (χ0n) is 8.52. The quantitative estimate of drug-likeness (QED) is 0.602. The van der Waals surface area contributed by atoms with Gasteiger partial charge >= 0.3 is 5.97 Å². The smallest absolute Gasteiger partial charge is 0.307 e. The Labute approximate surface area is 101 Å². The second-order valence-corrected chi connectivity index (χ2v) is 5.41. The van der Waals surface area contributed by atoms with Crippen molar-refractivity contribution < 1.29 is 9.90 Å². The van der Waals surface area contributed by atoms with Gasteiger partial charge in [-0.25, -0.2) is 0 Å². The van der Waals surface area contributed by atoms with E-state index in [0.717, 1.165) is 0 Å². The van der Waals surface area contributed by atoms with Crippen molar-refractivity contribution in [2.75, 3.05) is 0 Å². The maximum Gasteiger partial charge on any atom is 0.307 e. The number of aliphatic carboxylic acids is 1. The largest absolute Gasteiger partial charge is 0.481 e. The van der Waals surface area contributed by atoms with Gasteiger partial charge in [0.15, 0.2) is 0 Å². The Balaban J connectivity index is 0. The minimum Gasteiger partial charge on any atom is -0.481 e. The topological polar surface area (TPSA) is 37.3 Å². The average Bonchev–Trinajstić information content (AvgIpc) is 1.97. The van der Waals surface area contributed by atoms with E-state index in [1.54, 1.807) is 0 Å². The molecule has 0 aromatic heterocycles. The molecule has 14 heavy (non-hydrogen) atoms. The third kappa shape index (κ3) is 22.8. The van der Waals surface area contributed by atoms with Crippen molar-refractivity contribution in [2.45, 2.75) is 49.7 Å². The fourth-order valence-electron chi connectivity index (χ4n) is 0.671. The molecule has 0 aromatic carbocycles. The van der Waals surface area contributed by atoms with Crippen LogP contribution in [0, 0.1) is 0 Å². The highest BCUT2D eigenvalue weighted by molar-refractivity contribution is 6.68. The zero-order valence-corrected chi connectivity index (χ0v) is 10.8. The highest BCUT2D eigenvalue weighted by Gasteiger charge is 2.23. The molecule has 5 heteroatoms. The van der Waals surface area contributed by atoms with Crippen molar-refractivity contribution in [3.05, 3.63) is 0 Å². The molecule has 0 atom stereocenters. The Morgan fingerprint density at radius 3 is 1.57 bits per heavy atom. The van der Waals surface area contributed by atoms with Gasteiger partial charge in [-0.1, -0.05) is 74.3 Å². The lowest BCUT2D eigenvalue weighted by atomic mass is 10.2. The first-order valence-electron chi connectivity index (χ1n) is 4.62. The Morgan fingerprint density at radius 2 is 1.50 bits per heavy atom. The number of carboxylic acids is 1. The molecule has 0 aromatic rings. The number of hydrogen-bond donors (Lipinski definition) is 1. The summed E-state index contributed by atoms with van der Waals surface area (Å²) in [6.07, 6.45) is 5.08. The second-order valence-electron chi connectivity index (χ2n) is 2.89. The predicted molar refractivity (Wildman–Crippen MR) is 62.4 cm³/mol. The Morgan fingerprint density at radius 1 is 1.14 bits per heavy atom. The first-order valence-corrected chi connectivity index (χ1v) is 5.75. The minimum absolute atomic E-state index is 0.461. The van der Waals surface area contributed by atoms with Gasteiger partial charge in [-0.2, -0.15) is 0 Å². The van der Waals surface area contributed by atoms with Crippen LogP contribution in [-0.4, -0.2) is 14.9 Å². The van der Waals surface area contributed by atoms with Crippen molar-refractivity contribution in [3.63, 3.8) is 0 Å². The van der Waals surface area contributed by atoms with Crippen molar-refractivity contribution in [2.24, 2.45) is 0 Å². The van der Waals surface area contributed by atoms with Gasteiger partial charge in [0, 0.05) is 0 Å². The Hall–Kier alpha value is 0.340. The fraction of sp³-hybridized carbons (Fsp3) is 0.889. The van der Waals surface area contributed by atoms with Crippen molar-refractivity contribution in [1.82, 2.24) is 0 Å². The average molecular weight is 264 g/mol. The van der Waals surface area contributed by atoms with E-state index in [4.69, 9.17) is 39.9 Å². The maximum absolute atomic E-state index is 9.76. The van der Waals surface area contributed by atoms with E-state index >= 15 is 0 Å². The monoisotopic (exact) mass is 262 g/mol. The molecule has 0 aliphatic rings. The highest BCUT2D eigenvalue weighted by atomic mass is 35.6. The van der Waals surface area contributed by atoms with E-state index in [1.807, 2.05) is 0 Å². The summed E-state index contributed by atoms with van der Waals surface area (Å²) in [5, 5.41) is 8.00. The molecule has 0 spiro atoms. The molecular weight excluding hydrogens is 246 g/mol. The molecule has 0 aliphatic heterocycles. The molecule has 0 bridgehead atoms. The summed E-state index contributed by atoms with van der Waals surface area (Å²) in [6, 6.07) is 0. The van der Waals surface area contributed by atoms with Crippen molar-refractivity contribution in [1.29, 1.82) is 0 Å². The molecule has 0 rings (SSSR count). The number of unbranched alkanes of at least 4 members (excludes halogenated alkanes) is 3. The number of rotatable bonds is 4. The lowest BCUT2D eigenvalue weighted by molar-refractivity contribution is -0.136. The first kappa shape index (κ1) is 16.8. The lowest BCUT2D eigenvalue weighted by Crippen LogP contribution is -2.09. The number of carboxylic acid groups (broad SMARTS) is 1. The highest BCUT2D eigenvalue weighted by Crippen LogP contribution is 2.29. The molecule has 0 saturated carbocycles. The van der Waals surface area contributed by atoms with E-state index in [0.29, 0.717) is 0 Å². The summed E-state index contributed by atoms with van der Waals surface area (Å²) in [6.45, 7) is 4.46. The maximum atomic E-state index is 9.76. The van der Waals surface area contributed by atoms with Crippen LogP contribution < -0.4 is 0 Å².